The maximum Gasteiger partial charge on any atom is 0.311 e. The summed E-state index contributed by atoms with van der Waals surface area (Å²) in [6, 6.07) is 4.66. The van der Waals surface area contributed by atoms with Crippen LogP contribution in [0.15, 0.2) is 24.4 Å². The first-order chi connectivity index (χ1) is 13.0. The fourth-order valence-corrected chi connectivity index (χ4v) is 3.51. The second-order valence-electron chi connectivity index (χ2n) is 6.75. The number of hydrogen-bond donors (Lipinski definition) is 3. The molecule has 0 bridgehead atoms. The molecule has 0 saturated carbocycles. The minimum atomic E-state index is -0.933. The largest absolute Gasteiger partial charge is 0.481 e. The Morgan fingerprint density at radius 2 is 2.00 bits per heavy atom. The lowest BCUT2D eigenvalue weighted by atomic mass is 9.89. The van der Waals surface area contributed by atoms with Gasteiger partial charge in [-0.15, -0.1) is 0 Å². The highest BCUT2D eigenvalue weighted by molar-refractivity contribution is 6.35. The van der Waals surface area contributed by atoms with Crippen LogP contribution >= 0.6 is 0 Å². The smallest absolute Gasteiger partial charge is 0.311 e. The zero-order valence-corrected chi connectivity index (χ0v) is 14.8. The molecule has 144 valence electrons. The van der Waals surface area contributed by atoms with Crippen molar-refractivity contribution in [3.63, 3.8) is 0 Å². The highest BCUT2D eigenvalue weighted by Crippen LogP contribution is 2.33. The van der Waals surface area contributed by atoms with Crippen molar-refractivity contribution in [1.29, 1.82) is 0 Å². The standard InChI is InChI=1S/C19H22FN3O4/c20-13-3-4-14-15(11-22-16(14)10-13)12-5-8-23(9-6-12)19(27)18(26)21-7-1-2-17(24)25/h3-4,10-12,22H,1-2,5-9H2,(H,21,26)(H,24,25). The van der Waals surface area contributed by atoms with Gasteiger partial charge in [0.25, 0.3) is 0 Å². The molecule has 2 aromatic rings. The molecule has 1 aliphatic heterocycles. The van der Waals surface area contributed by atoms with Crippen molar-refractivity contribution in [3.05, 3.63) is 35.8 Å². The Kier molecular flexibility index (Phi) is 5.73. The van der Waals surface area contributed by atoms with E-state index in [0.29, 0.717) is 13.1 Å². The summed E-state index contributed by atoms with van der Waals surface area (Å²) in [6.07, 6.45) is 3.58. The molecular weight excluding hydrogens is 353 g/mol. The molecule has 2 heterocycles. The lowest BCUT2D eigenvalue weighted by molar-refractivity contribution is -0.146. The van der Waals surface area contributed by atoms with Gasteiger partial charge in [-0.25, -0.2) is 4.39 Å². The van der Waals surface area contributed by atoms with Crippen molar-refractivity contribution in [1.82, 2.24) is 15.2 Å². The minimum Gasteiger partial charge on any atom is -0.481 e. The van der Waals surface area contributed by atoms with Gasteiger partial charge >= 0.3 is 17.8 Å². The number of carbonyl (C=O) groups is 3. The zero-order chi connectivity index (χ0) is 19.4. The van der Waals surface area contributed by atoms with E-state index in [1.54, 1.807) is 6.07 Å². The maximum atomic E-state index is 13.3. The van der Waals surface area contributed by atoms with Crippen LogP contribution in [0.25, 0.3) is 10.9 Å². The number of carboxylic acids is 1. The Hall–Kier alpha value is -2.90. The number of hydrogen-bond acceptors (Lipinski definition) is 3. The van der Waals surface area contributed by atoms with Crippen LogP contribution in [0.4, 0.5) is 4.39 Å². The lowest BCUT2D eigenvalue weighted by Crippen LogP contribution is -2.46. The quantitative estimate of drug-likeness (QED) is 0.549. The molecule has 1 aromatic heterocycles. The van der Waals surface area contributed by atoms with Crippen molar-refractivity contribution in [2.45, 2.75) is 31.6 Å². The predicted molar refractivity (Wildman–Crippen MR) is 96.7 cm³/mol. The number of H-pyrrole nitrogens is 1. The van der Waals surface area contributed by atoms with Crippen LogP contribution in [0.3, 0.4) is 0 Å². The number of aromatic amines is 1. The van der Waals surface area contributed by atoms with Gasteiger partial charge in [0.05, 0.1) is 0 Å². The number of halogens is 1. The van der Waals surface area contributed by atoms with Gasteiger partial charge in [-0.1, -0.05) is 0 Å². The van der Waals surface area contributed by atoms with E-state index in [-0.39, 0.29) is 31.1 Å². The molecule has 3 rings (SSSR count). The predicted octanol–water partition coefficient (Wildman–Crippen LogP) is 1.99. The lowest BCUT2D eigenvalue weighted by Gasteiger charge is -2.31. The van der Waals surface area contributed by atoms with Crippen LogP contribution in [0.2, 0.25) is 0 Å². The van der Waals surface area contributed by atoms with Gasteiger partial charge < -0.3 is 20.3 Å². The van der Waals surface area contributed by atoms with Gasteiger partial charge in [-0.3, -0.25) is 14.4 Å². The normalized spacial score (nSPS) is 15.1. The Labute approximate surface area is 155 Å². The third kappa shape index (κ3) is 4.45. The summed E-state index contributed by atoms with van der Waals surface area (Å²) >= 11 is 0. The number of carbonyl (C=O) groups excluding carboxylic acids is 2. The van der Waals surface area contributed by atoms with Crippen molar-refractivity contribution >= 4 is 28.7 Å². The van der Waals surface area contributed by atoms with Crippen LogP contribution in [0.5, 0.6) is 0 Å². The fraction of sp³-hybridized carbons (Fsp3) is 0.421. The molecule has 1 fully saturated rings. The molecular formula is C19H22FN3O4. The topological polar surface area (TPSA) is 102 Å². The second-order valence-corrected chi connectivity index (χ2v) is 6.75. The number of nitrogens with zero attached hydrogens (tertiary/aromatic N) is 1. The van der Waals surface area contributed by atoms with Gasteiger partial charge in [0.15, 0.2) is 0 Å². The molecule has 2 amide bonds. The number of rotatable bonds is 5. The van der Waals surface area contributed by atoms with E-state index in [1.165, 1.54) is 17.0 Å². The highest BCUT2D eigenvalue weighted by atomic mass is 19.1. The summed E-state index contributed by atoms with van der Waals surface area (Å²) in [5.74, 6) is -2.25. The minimum absolute atomic E-state index is 0.0472. The molecule has 0 aliphatic carbocycles. The summed E-state index contributed by atoms with van der Waals surface area (Å²) in [6.45, 7) is 1.11. The third-order valence-corrected chi connectivity index (χ3v) is 4.95. The number of carboxylic acid groups (broad SMARTS) is 1. The molecule has 8 heteroatoms. The van der Waals surface area contributed by atoms with Gasteiger partial charge in [0.1, 0.15) is 5.82 Å². The molecule has 1 aliphatic rings. The van der Waals surface area contributed by atoms with Crippen LogP contribution in [0, 0.1) is 5.82 Å². The van der Waals surface area contributed by atoms with Gasteiger partial charge in [0, 0.05) is 43.2 Å². The monoisotopic (exact) mass is 375 g/mol. The number of piperidine rings is 1. The second kappa shape index (κ2) is 8.20. The van der Waals surface area contributed by atoms with Crippen molar-refractivity contribution in [2.75, 3.05) is 19.6 Å². The fourth-order valence-electron chi connectivity index (χ4n) is 3.51. The zero-order valence-electron chi connectivity index (χ0n) is 14.8. The number of nitrogens with one attached hydrogen (secondary N) is 2. The van der Waals surface area contributed by atoms with Gasteiger partial charge in [-0.2, -0.15) is 0 Å². The van der Waals surface area contributed by atoms with Crippen molar-refractivity contribution < 1.29 is 23.9 Å². The Bertz CT molecular complexity index is 856. The molecule has 0 atom stereocenters. The first kappa shape index (κ1) is 18.9. The number of amides is 2. The Balaban J connectivity index is 1.52. The molecule has 7 nitrogen and oxygen atoms in total. The number of aromatic nitrogens is 1. The Morgan fingerprint density at radius 3 is 2.70 bits per heavy atom. The van der Waals surface area contributed by atoms with E-state index in [4.69, 9.17) is 5.11 Å². The SMILES string of the molecule is O=C(O)CCCNC(=O)C(=O)N1CCC(c2c[nH]c3cc(F)ccc23)CC1. The van der Waals surface area contributed by atoms with E-state index < -0.39 is 17.8 Å². The molecule has 0 spiro atoms. The van der Waals surface area contributed by atoms with E-state index in [9.17, 15) is 18.8 Å². The molecule has 3 N–H and O–H groups in total. The molecule has 1 aromatic carbocycles. The van der Waals surface area contributed by atoms with Crippen LogP contribution in [-0.4, -0.2) is 52.4 Å². The van der Waals surface area contributed by atoms with Gasteiger partial charge in [-0.05, 0) is 48.9 Å². The molecule has 1 saturated heterocycles. The van der Waals surface area contributed by atoms with E-state index in [0.717, 1.165) is 29.3 Å². The molecule has 0 unspecified atom stereocenters. The average molecular weight is 375 g/mol. The van der Waals surface area contributed by atoms with Crippen LogP contribution in [-0.2, 0) is 14.4 Å². The first-order valence-corrected chi connectivity index (χ1v) is 9.01. The number of benzene rings is 1. The van der Waals surface area contributed by atoms with Crippen LogP contribution in [0.1, 0.15) is 37.2 Å². The summed E-state index contributed by atoms with van der Waals surface area (Å²) in [7, 11) is 0. The van der Waals surface area contributed by atoms with E-state index in [1.807, 2.05) is 6.20 Å². The molecule has 27 heavy (non-hydrogen) atoms. The average Bonchev–Trinajstić information content (AvgIpc) is 3.07. The van der Waals surface area contributed by atoms with Crippen LogP contribution < -0.4 is 5.32 Å². The molecule has 0 radical (unpaired) electrons. The maximum absolute atomic E-state index is 13.3. The summed E-state index contributed by atoms with van der Waals surface area (Å²) in [5, 5.41) is 12.0. The first-order valence-electron chi connectivity index (χ1n) is 9.01. The summed E-state index contributed by atoms with van der Waals surface area (Å²) < 4.78 is 13.3. The van der Waals surface area contributed by atoms with Crippen molar-refractivity contribution in [3.8, 4) is 0 Å². The Morgan fingerprint density at radius 1 is 1.26 bits per heavy atom. The number of fused-ring (bicyclic) bond motifs is 1. The van der Waals surface area contributed by atoms with E-state index >= 15 is 0 Å². The summed E-state index contributed by atoms with van der Waals surface area (Å²) in [5.41, 5.74) is 1.86. The summed E-state index contributed by atoms with van der Waals surface area (Å²) in [4.78, 5) is 39.2. The number of likely N-dealkylation sites (tertiary alicyclic amines) is 1. The van der Waals surface area contributed by atoms with Gasteiger partial charge in [0.2, 0.25) is 0 Å². The van der Waals surface area contributed by atoms with E-state index in [2.05, 4.69) is 10.3 Å². The number of aliphatic carboxylic acids is 1. The van der Waals surface area contributed by atoms with Crippen molar-refractivity contribution in [2.24, 2.45) is 0 Å². The third-order valence-electron chi connectivity index (χ3n) is 4.95. The highest BCUT2D eigenvalue weighted by Gasteiger charge is 2.28.